The average Bonchev–Trinajstić information content (AvgIpc) is 2.82. The van der Waals surface area contributed by atoms with E-state index in [1.807, 2.05) is 17.5 Å². The van der Waals surface area contributed by atoms with Gasteiger partial charge in [0, 0.05) is 10.4 Å². The van der Waals surface area contributed by atoms with Crippen molar-refractivity contribution in [2.24, 2.45) is 0 Å². The SMILES string of the molecule is CCN(CC)C(C)(CC)C(O)c1cccs1. The molecule has 1 aromatic rings. The first-order valence-corrected chi connectivity index (χ1v) is 6.94. The fourth-order valence-electron chi connectivity index (χ4n) is 2.29. The van der Waals surface area contributed by atoms with E-state index >= 15 is 0 Å². The lowest BCUT2D eigenvalue weighted by molar-refractivity contribution is -0.0194. The van der Waals surface area contributed by atoms with E-state index in [1.54, 1.807) is 11.3 Å². The monoisotopic (exact) mass is 241 g/mol. The normalized spacial score (nSPS) is 17.4. The molecule has 1 aromatic heterocycles. The summed E-state index contributed by atoms with van der Waals surface area (Å²) in [5.41, 5.74) is -0.158. The van der Waals surface area contributed by atoms with Gasteiger partial charge in [-0.3, -0.25) is 4.90 Å². The lowest BCUT2D eigenvalue weighted by atomic mass is 9.88. The van der Waals surface area contributed by atoms with Crippen LogP contribution in [0.15, 0.2) is 17.5 Å². The van der Waals surface area contributed by atoms with Crippen molar-refractivity contribution in [1.82, 2.24) is 4.90 Å². The van der Waals surface area contributed by atoms with E-state index in [1.165, 1.54) is 0 Å². The van der Waals surface area contributed by atoms with E-state index in [4.69, 9.17) is 0 Å². The quantitative estimate of drug-likeness (QED) is 0.826. The molecule has 0 fully saturated rings. The third-order valence-corrected chi connectivity index (χ3v) is 4.53. The Bertz CT molecular complexity index is 295. The summed E-state index contributed by atoms with van der Waals surface area (Å²) in [6.07, 6.45) is 0.561. The molecule has 2 atom stereocenters. The van der Waals surface area contributed by atoms with Crippen molar-refractivity contribution >= 4 is 11.3 Å². The molecule has 16 heavy (non-hydrogen) atoms. The molecule has 3 heteroatoms. The lowest BCUT2D eigenvalue weighted by Gasteiger charge is -2.43. The van der Waals surface area contributed by atoms with Crippen molar-refractivity contribution in [2.75, 3.05) is 13.1 Å². The van der Waals surface area contributed by atoms with Gasteiger partial charge in [-0.05, 0) is 37.9 Å². The van der Waals surface area contributed by atoms with Crippen LogP contribution >= 0.6 is 11.3 Å². The van der Waals surface area contributed by atoms with E-state index in [2.05, 4.69) is 32.6 Å². The van der Waals surface area contributed by atoms with Crippen LogP contribution in [0.3, 0.4) is 0 Å². The van der Waals surface area contributed by atoms with Crippen molar-refractivity contribution in [3.05, 3.63) is 22.4 Å². The highest BCUT2D eigenvalue weighted by Crippen LogP contribution is 2.35. The predicted molar refractivity (Wildman–Crippen MR) is 70.9 cm³/mol. The van der Waals surface area contributed by atoms with Crippen molar-refractivity contribution in [3.63, 3.8) is 0 Å². The third kappa shape index (κ3) is 2.47. The van der Waals surface area contributed by atoms with Gasteiger partial charge in [-0.1, -0.05) is 26.8 Å². The highest BCUT2D eigenvalue weighted by Gasteiger charge is 2.37. The summed E-state index contributed by atoms with van der Waals surface area (Å²) in [5, 5.41) is 12.6. The van der Waals surface area contributed by atoms with Crippen LogP contribution in [0.25, 0.3) is 0 Å². The molecule has 0 aromatic carbocycles. The fraction of sp³-hybridized carbons (Fsp3) is 0.692. The van der Waals surface area contributed by atoms with E-state index in [0.29, 0.717) is 0 Å². The molecule has 0 saturated heterocycles. The minimum absolute atomic E-state index is 0.158. The second kappa shape index (κ2) is 5.80. The molecule has 0 aliphatic heterocycles. The molecule has 0 aliphatic carbocycles. The van der Waals surface area contributed by atoms with Crippen LogP contribution < -0.4 is 0 Å². The molecule has 0 saturated carbocycles. The average molecular weight is 241 g/mol. The summed E-state index contributed by atoms with van der Waals surface area (Å²) in [4.78, 5) is 3.41. The fourth-order valence-corrected chi connectivity index (χ4v) is 3.14. The Hall–Kier alpha value is -0.380. The molecule has 0 aliphatic rings. The number of hydrogen-bond acceptors (Lipinski definition) is 3. The molecule has 2 unspecified atom stereocenters. The first-order chi connectivity index (χ1) is 7.60. The zero-order valence-corrected chi connectivity index (χ0v) is 11.5. The number of aliphatic hydroxyl groups is 1. The van der Waals surface area contributed by atoms with Crippen molar-refractivity contribution in [2.45, 2.75) is 45.8 Å². The van der Waals surface area contributed by atoms with E-state index in [-0.39, 0.29) is 5.54 Å². The van der Waals surface area contributed by atoms with Crippen LogP contribution in [0.1, 0.15) is 45.1 Å². The second-order valence-electron chi connectivity index (χ2n) is 4.30. The predicted octanol–water partition coefficient (Wildman–Crippen LogP) is 3.29. The first kappa shape index (κ1) is 13.7. The number of likely N-dealkylation sites (N-methyl/N-ethyl adjacent to an activating group) is 1. The molecule has 0 radical (unpaired) electrons. The van der Waals surface area contributed by atoms with Gasteiger partial charge in [0.2, 0.25) is 0 Å². The number of hydrogen-bond donors (Lipinski definition) is 1. The van der Waals surface area contributed by atoms with Gasteiger partial charge in [0.25, 0.3) is 0 Å². The number of rotatable bonds is 6. The second-order valence-corrected chi connectivity index (χ2v) is 5.28. The molecule has 0 spiro atoms. The van der Waals surface area contributed by atoms with Gasteiger partial charge in [0.05, 0.1) is 0 Å². The molecular weight excluding hydrogens is 218 g/mol. The Morgan fingerprint density at radius 1 is 1.38 bits per heavy atom. The Morgan fingerprint density at radius 3 is 2.38 bits per heavy atom. The standard InChI is InChI=1S/C13H23NOS/c1-5-13(4,14(6-2)7-3)12(15)11-9-8-10-16-11/h8-10,12,15H,5-7H2,1-4H3. The Labute approximate surface area is 103 Å². The van der Waals surface area contributed by atoms with Gasteiger partial charge in [-0.25, -0.2) is 0 Å². The molecule has 2 nitrogen and oxygen atoms in total. The summed E-state index contributed by atoms with van der Waals surface area (Å²) in [6, 6.07) is 4.02. The zero-order valence-electron chi connectivity index (χ0n) is 10.7. The van der Waals surface area contributed by atoms with Crippen LogP contribution in [-0.2, 0) is 0 Å². The zero-order chi connectivity index (χ0) is 12.2. The molecule has 1 rings (SSSR count). The van der Waals surface area contributed by atoms with Gasteiger partial charge in [0.1, 0.15) is 6.10 Å². The molecule has 92 valence electrons. The number of thiophene rings is 1. The van der Waals surface area contributed by atoms with Crippen LogP contribution in [0.2, 0.25) is 0 Å². The van der Waals surface area contributed by atoms with E-state index < -0.39 is 6.10 Å². The van der Waals surface area contributed by atoms with E-state index in [9.17, 15) is 5.11 Å². The Kier molecular flexibility index (Phi) is 4.96. The molecule has 1 N–H and O–H groups in total. The summed E-state index contributed by atoms with van der Waals surface area (Å²) in [7, 11) is 0. The van der Waals surface area contributed by atoms with Crippen molar-refractivity contribution in [1.29, 1.82) is 0 Å². The maximum Gasteiger partial charge on any atom is 0.106 e. The number of aliphatic hydroxyl groups excluding tert-OH is 1. The molecule has 0 bridgehead atoms. The van der Waals surface area contributed by atoms with Crippen LogP contribution in [0, 0.1) is 0 Å². The number of nitrogens with zero attached hydrogens (tertiary/aromatic N) is 1. The van der Waals surface area contributed by atoms with Gasteiger partial charge >= 0.3 is 0 Å². The molecule has 0 amide bonds. The molecule has 1 heterocycles. The lowest BCUT2D eigenvalue weighted by Crippen LogP contribution is -2.50. The minimum atomic E-state index is -0.391. The van der Waals surface area contributed by atoms with Gasteiger partial charge in [-0.15, -0.1) is 11.3 Å². The van der Waals surface area contributed by atoms with Crippen molar-refractivity contribution < 1.29 is 5.11 Å². The summed E-state index contributed by atoms with van der Waals surface area (Å²) >= 11 is 1.63. The smallest absolute Gasteiger partial charge is 0.106 e. The highest BCUT2D eigenvalue weighted by molar-refractivity contribution is 7.10. The molecular formula is C13H23NOS. The van der Waals surface area contributed by atoms with Gasteiger partial charge in [-0.2, -0.15) is 0 Å². The maximum atomic E-state index is 10.5. The first-order valence-electron chi connectivity index (χ1n) is 6.06. The van der Waals surface area contributed by atoms with Crippen LogP contribution in [-0.4, -0.2) is 28.6 Å². The summed E-state index contributed by atoms with van der Waals surface area (Å²) in [6.45, 7) is 10.6. The van der Waals surface area contributed by atoms with Gasteiger partial charge in [0.15, 0.2) is 0 Å². The maximum absolute atomic E-state index is 10.5. The Balaban J connectivity index is 2.95. The minimum Gasteiger partial charge on any atom is -0.386 e. The van der Waals surface area contributed by atoms with Crippen LogP contribution in [0.5, 0.6) is 0 Å². The van der Waals surface area contributed by atoms with E-state index in [0.717, 1.165) is 24.4 Å². The Morgan fingerprint density at radius 2 is 2.00 bits per heavy atom. The highest BCUT2D eigenvalue weighted by atomic mass is 32.1. The topological polar surface area (TPSA) is 23.5 Å². The summed E-state index contributed by atoms with van der Waals surface area (Å²) in [5.74, 6) is 0. The van der Waals surface area contributed by atoms with Crippen molar-refractivity contribution in [3.8, 4) is 0 Å². The summed E-state index contributed by atoms with van der Waals surface area (Å²) < 4.78 is 0. The third-order valence-electron chi connectivity index (χ3n) is 3.60. The largest absolute Gasteiger partial charge is 0.386 e. The van der Waals surface area contributed by atoms with Crippen LogP contribution in [0.4, 0.5) is 0 Å². The van der Waals surface area contributed by atoms with Gasteiger partial charge < -0.3 is 5.11 Å².